The number of halogens is 1. The fourth-order valence-corrected chi connectivity index (χ4v) is 3.42. The van der Waals surface area contributed by atoms with Crippen molar-refractivity contribution in [2.24, 2.45) is 0 Å². The van der Waals surface area contributed by atoms with Gasteiger partial charge in [0.05, 0.1) is 32.0 Å². The summed E-state index contributed by atoms with van der Waals surface area (Å²) >= 11 is 0. The van der Waals surface area contributed by atoms with Gasteiger partial charge >= 0.3 is 18.0 Å². The maximum Gasteiger partial charge on any atom is 0.410 e. The molecular weight excluding hydrogens is 456 g/mol. The number of hydrogen-bond acceptors (Lipinski definition) is 9. The third-order valence-electron chi connectivity index (χ3n) is 4.96. The number of esters is 2. The molecule has 1 amide bonds. The average molecular weight is 489 g/mol. The summed E-state index contributed by atoms with van der Waals surface area (Å²) in [6.07, 6.45) is -1.10. The number of aliphatic hydroxyl groups is 2. The van der Waals surface area contributed by atoms with E-state index in [0.717, 1.165) is 5.56 Å². The summed E-state index contributed by atoms with van der Waals surface area (Å²) < 4.78 is 14.9. The van der Waals surface area contributed by atoms with Gasteiger partial charge in [-0.25, -0.2) is 9.59 Å². The van der Waals surface area contributed by atoms with Gasteiger partial charge < -0.3 is 29.7 Å². The van der Waals surface area contributed by atoms with E-state index in [0.29, 0.717) is 19.6 Å². The highest BCUT2D eigenvalue weighted by Gasteiger charge is 2.40. The molecule has 0 radical (unpaired) electrons. The molecule has 2 heterocycles. The maximum absolute atomic E-state index is 12.1. The minimum absolute atomic E-state index is 0. The first-order valence-electron chi connectivity index (χ1n) is 10.8. The largest absolute Gasteiger partial charge is 0.465 e. The summed E-state index contributed by atoms with van der Waals surface area (Å²) in [6, 6.07) is 8.19. The van der Waals surface area contributed by atoms with Gasteiger partial charge in [-0.3, -0.25) is 9.69 Å². The number of hydrogen-bond donors (Lipinski definition) is 3. The predicted octanol–water partition coefficient (Wildman–Crippen LogP) is 1.02. The Bertz CT molecular complexity index is 751. The van der Waals surface area contributed by atoms with Crippen LogP contribution in [-0.4, -0.2) is 83.7 Å². The van der Waals surface area contributed by atoms with Gasteiger partial charge in [-0.05, 0) is 19.4 Å². The molecule has 0 spiro atoms. The van der Waals surface area contributed by atoms with Gasteiger partial charge in [-0.1, -0.05) is 30.3 Å². The molecular formula is C22H33ClN2O8. The quantitative estimate of drug-likeness (QED) is 0.396. The Morgan fingerprint density at radius 1 is 0.970 bits per heavy atom. The van der Waals surface area contributed by atoms with Gasteiger partial charge in [0.15, 0.2) is 0 Å². The van der Waals surface area contributed by atoms with Crippen LogP contribution < -0.4 is 5.32 Å². The lowest BCUT2D eigenvalue weighted by Crippen LogP contribution is -2.41. The number of amides is 1. The predicted molar refractivity (Wildman–Crippen MR) is 121 cm³/mol. The van der Waals surface area contributed by atoms with Crippen molar-refractivity contribution in [2.75, 3.05) is 26.3 Å². The number of β-amino-alcohol motifs (C(OH)–C–C–N with tert-alkyl or cyclic N) is 2. The first kappa shape index (κ1) is 28.6. The van der Waals surface area contributed by atoms with Crippen LogP contribution in [0.4, 0.5) is 4.79 Å². The van der Waals surface area contributed by atoms with Crippen molar-refractivity contribution in [3.8, 4) is 0 Å². The average Bonchev–Trinajstić information content (AvgIpc) is 3.39. The molecule has 0 unspecified atom stereocenters. The molecule has 2 fully saturated rings. The number of nitrogens with zero attached hydrogens (tertiary/aromatic N) is 1. The number of likely N-dealkylation sites (tertiary alicyclic amines) is 1. The molecule has 0 saturated carbocycles. The number of carbonyl (C=O) groups is 3. The molecule has 10 nitrogen and oxygen atoms in total. The second kappa shape index (κ2) is 14.7. The van der Waals surface area contributed by atoms with Crippen LogP contribution in [0.1, 0.15) is 32.3 Å². The molecule has 0 aliphatic carbocycles. The molecule has 2 saturated heterocycles. The lowest BCUT2D eigenvalue weighted by atomic mass is 10.2. The second-order valence-electron chi connectivity index (χ2n) is 7.45. The highest BCUT2D eigenvalue weighted by molar-refractivity contribution is 5.85. The number of carbonyl (C=O) groups excluding carboxylic acids is 3. The molecule has 2 aliphatic heterocycles. The Hall–Kier alpha value is -2.40. The number of nitrogens with one attached hydrogen (secondary N) is 1. The van der Waals surface area contributed by atoms with E-state index in [1.54, 1.807) is 13.8 Å². The van der Waals surface area contributed by atoms with Crippen LogP contribution in [-0.2, 0) is 30.4 Å². The Morgan fingerprint density at radius 2 is 1.61 bits per heavy atom. The van der Waals surface area contributed by atoms with Crippen molar-refractivity contribution in [1.82, 2.24) is 10.2 Å². The first-order valence-corrected chi connectivity index (χ1v) is 10.8. The number of rotatable bonds is 6. The summed E-state index contributed by atoms with van der Waals surface area (Å²) in [5.74, 6) is -0.769. The van der Waals surface area contributed by atoms with Crippen molar-refractivity contribution >= 4 is 30.4 Å². The van der Waals surface area contributed by atoms with Gasteiger partial charge in [0.1, 0.15) is 18.7 Å². The van der Waals surface area contributed by atoms with E-state index in [1.165, 1.54) is 4.90 Å². The molecule has 0 aromatic heterocycles. The summed E-state index contributed by atoms with van der Waals surface area (Å²) in [4.78, 5) is 36.1. The Labute approximate surface area is 199 Å². The lowest BCUT2D eigenvalue weighted by Gasteiger charge is -2.22. The van der Waals surface area contributed by atoms with Gasteiger partial charge in [0.2, 0.25) is 0 Å². The number of aliphatic hydroxyl groups excluding tert-OH is 2. The standard InChI is InChI=1S/C15H19NO5.C7H13NO3.ClH/c1-2-20-14(18)13-8-12(17)9-16(13)15(19)21-10-11-6-4-3-5-7-11;1-2-11-7(10)6-3-5(9)4-8-6;/h3-7,12-13,17H,2,8-10H2,1H3;5-6,8-9H,2-4H2,1H3;1H/t12-,13+;5-,6+;/m11./s1. The SMILES string of the molecule is CCOC(=O)[C@@H]1C[C@@H](O)CN1.CCOC(=O)[C@@H]1C[C@@H](O)CN1C(=O)OCc1ccccc1.Cl. The fourth-order valence-electron chi connectivity index (χ4n) is 3.42. The number of ether oxygens (including phenoxy) is 3. The highest BCUT2D eigenvalue weighted by atomic mass is 35.5. The van der Waals surface area contributed by atoms with Crippen molar-refractivity contribution in [3.63, 3.8) is 0 Å². The maximum atomic E-state index is 12.1. The molecule has 3 rings (SSSR count). The van der Waals surface area contributed by atoms with Crippen molar-refractivity contribution in [1.29, 1.82) is 0 Å². The molecule has 186 valence electrons. The van der Waals surface area contributed by atoms with Crippen molar-refractivity contribution in [2.45, 2.75) is 57.6 Å². The molecule has 0 bridgehead atoms. The second-order valence-corrected chi connectivity index (χ2v) is 7.45. The zero-order valence-electron chi connectivity index (χ0n) is 18.8. The fraction of sp³-hybridized carbons (Fsp3) is 0.591. The van der Waals surface area contributed by atoms with E-state index in [2.05, 4.69) is 5.32 Å². The smallest absolute Gasteiger partial charge is 0.410 e. The highest BCUT2D eigenvalue weighted by Crippen LogP contribution is 2.20. The molecule has 1 aromatic rings. The monoisotopic (exact) mass is 488 g/mol. The zero-order chi connectivity index (χ0) is 23.5. The van der Waals surface area contributed by atoms with E-state index in [4.69, 9.17) is 19.3 Å². The molecule has 3 N–H and O–H groups in total. The molecule has 33 heavy (non-hydrogen) atoms. The summed E-state index contributed by atoms with van der Waals surface area (Å²) in [6.45, 7) is 4.79. The van der Waals surface area contributed by atoms with Crippen molar-refractivity contribution in [3.05, 3.63) is 35.9 Å². The van der Waals surface area contributed by atoms with Crippen molar-refractivity contribution < 1.29 is 38.8 Å². The minimum Gasteiger partial charge on any atom is -0.465 e. The van der Waals surface area contributed by atoms with Gasteiger partial charge in [0.25, 0.3) is 0 Å². The molecule has 4 atom stereocenters. The van der Waals surface area contributed by atoms with E-state index in [1.807, 2.05) is 30.3 Å². The Balaban J connectivity index is 0.000000385. The normalized spacial score (nSPS) is 23.6. The summed E-state index contributed by atoms with van der Waals surface area (Å²) in [5, 5.41) is 21.6. The molecule has 1 aromatic carbocycles. The number of benzene rings is 1. The van der Waals surface area contributed by atoms with Crippen LogP contribution >= 0.6 is 12.4 Å². The summed E-state index contributed by atoms with van der Waals surface area (Å²) in [7, 11) is 0. The van der Waals surface area contributed by atoms with E-state index in [9.17, 15) is 19.5 Å². The zero-order valence-corrected chi connectivity index (χ0v) is 19.7. The van der Waals surface area contributed by atoms with E-state index < -0.39 is 30.3 Å². The topological polar surface area (TPSA) is 135 Å². The van der Waals surface area contributed by atoms with Gasteiger partial charge in [-0.2, -0.15) is 0 Å². The van der Waals surface area contributed by atoms with E-state index >= 15 is 0 Å². The first-order chi connectivity index (χ1) is 15.3. The van der Waals surface area contributed by atoms with Crippen LogP contribution in [0.15, 0.2) is 30.3 Å². The van der Waals surface area contributed by atoms with E-state index in [-0.39, 0.29) is 50.6 Å². The van der Waals surface area contributed by atoms with Crippen LogP contribution in [0, 0.1) is 0 Å². The molecule has 11 heteroatoms. The Kier molecular flexibility index (Phi) is 12.7. The van der Waals surface area contributed by atoms with Crippen LogP contribution in [0.2, 0.25) is 0 Å². The molecule has 2 aliphatic rings. The Morgan fingerprint density at radius 3 is 2.18 bits per heavy atom. The third kappa shape index (κ3) is 9.17. The third-order valence-corrected chi connectivity index (χ3v) is 4.96. The van der Waals surface area contributed by atoms with Crippen LogP contribution in [0.3, 0.4) is 0 Å². The van der Waals surface area contributed by atoms with Gasteiger partial charge in [0, 0.05) is 19.4 Å². The van der Waals surface area contributed by atoms with Gasteiger partial charge in [-0.15, -0.1) is 12.4 Å². The summed E-state index contributed by atoms with van der Waals surface area (Å²) in [5.41, 5.74) is 0.860. The lowest BCUT2D eigenvalue weighted by molar-refractivity contribution is -0.148. The minimum atomic E-state index is -0.775. The van der Waals surface area contributed by atoms with Crippen LogP contribution in [0.5, 0.6) is 0 Å². The van der Waals surface area contributed by atoms with Crippen LogP contribution in [0.25, 0.3) is 0 Å².